The van der Waals surface area contributed by atoms with E-state index in [0.29, 0.717) is 6.54 Å². The lowest BCUT2D eigenvalue weighted by Gasteiger charge is -2.29. The number of hydrogen-bond acceptors (Lipinski definition) is 3. The quantitative estimate of drug-likeness (QED) is 0.893. The Kier molecular flexibility index (Phi) is 3.65. The van der Waals surface area contributed by atoms with E-state index in [1.54, 1.807) is 12.1 Å². The molecule has 1 aliphatic heterocycles. The van der Waals surface area contributed by atoms with Gasteiger partial charge in [-0.3, -0.25) is 0 Å². The second-order valence-corrected chi connectivity index (χ2v) is 4.96. The van der Waals surface area contributed by atoms with Gasteiger partial charge in [-0.15, -0.1) is 0 Å². The van der Waals surface area contributed by atoms with Crippen molar-refractivity contribution >= 4 is 0 Å². The van der Waals surface area contributed by atoms with Crippen molar-refractivity contribution in [2.24, 2.45) is 0 Å². The number of rotatable bonds is 3. The highest BCUT2D eigenvalue weighted by molar-refractivity contribution is 5.34. The molecule has 0 saturated carbocycles. The largest absolute Gasteiger partial charge is 0.377 e. The highest BCUT2D eigenvalue weighted by Gasteiger charge is 2.36. The molecule has 18 heavy (non-hydrogen) atoms. The first kappa shape index (κ1) is 13.0. The maximum absolute atomic E-state index is 13.2. The molecule has 0 bridgehead atoms. The minimum atomic E-state index is -0.468. The third-order valence-corrected chi connectivity index (χ3v) is 3.73. The minimum Gasteiger partial charge on any atom is -0.377 e. The Morgan fingerprint density at radius 2 is 2.39 bits per heavy atom. The van der Waals surface area contributed by atoms with Gasteiger partial charge in [0.15, 0.2) is 0 Å². The fraction of sp³-hybridized carbons (Fsp3) is 0.500. The molecule has 1 fully saturated rings. The van der Waals surface area contributed by atoms with Crippen LogP contribution in [0.4, 0.5) is 4.39 Å². The number of nitrogens with zero attached hydrogens (tertiary/aromatic N) is 1. The van der Waals surface area contributed by atoms with Gasteiger partial charge in [-0.2, -0.15) is 5.26 Å². The van der Waals surface area contributed by atoms with Gasteiger partial charge in [0.25, 0.3) is 0 Å². The van der Waals surface area contributed by atoms with Gasteiger partial charge in [-0.1, -0.05) is 6.07 Å². The molecule has 0 amide bonds. The number of benzene rings is 1. The van der Waals surface area contributed by atoms with E-state index in [0.717, 1.165) is 18.6 Å². The Morgan fingerprint density at radius 3 is 3.00 bits per heavy atom. The molecular formula is C14H17FN2O. The van der Waals surface area contributed by atoms with Crippen LogP contribution in [0.3, 0.4) is 0 Å². The van der Waals surface area contributed by atoms with E-state index in [1.807, 2.05) is 13.0 Å². The molecule has 0 aromatic heterocycles. The zero-order valence-corrected chi connectivity index (χ0v) is 10.7. The van der Waals surface area contributed by atoms with Crippen LogP contribution in [0.5, 0.6) is 0 Å². The van der Waals surface area contributed by atoms with Crippen LogP contribution >= 0.6 is 0 Å². The van der Waals surface area contributed by atoms with Crippen molar-refractivity contribution in [1.82, 2.24) is 5.32 Å². The van der Waals surface area contributed by atoms with Gasteiger partial charge in [0.2, 0.25) is 0 Å². The SMILES string of the molecule is CC1OCCC1(C)NCc1ccc(F)c(C#N)c1. The zero-order valence-electron chi connectivity index (χ0n) is 10.7. The predicted molar refractivity (Wildman–Crippen MR) is 66.4 cm³/mol. The van der Waals surface area contributed by atoms with Crippen molar-refractivity contribution in [3.8, 4) is 6.07 Å². The van der Waals surface area contributed by atoms with Crippen molar-refractivity contribution in [2.45, 2.75) is 38.5 Å². The van der Waals surface area contributed by atoms with Crippen LogP contribution in [0.2, 0.25) is 0 Å². The van der Waals surface area contributed by atoms with Crippen LogP contribution in [-0.4, -0.2) is 18.2 Å². The summed E-state index contributed by atoms with van der Waals surface area (Å²) in [6, 6.07) is 6.49. The molecule has 2 unspecified atom stereocenters. The van der Waals surface area contributed by atoms with Crippen molar-refractivity contribution in [3.63, 3.8) is 0 Å². The monoisotopic (exact) mass is 248 g/mol. The maximum Gasteiger partial charge on any atom is 0.140 e. The minimum absolute atomic E-state index is 0.0544. The van der Waals surface area contributed by atoms with Crippen LogP contribution in [-0.2, 0) is 11.3 Å². The molecule has 2 rings (SSSR count). The molecule has 2 atom stereocenters. The smallest absolute Gasteiger partial charge is 0.140 e. The normalized spacial score (nSPS) is 27.1. The summed E-state index contributed by atoms with van der Waals surface area (Å²) in [5.41, 5.74) is 0.949. The van der Waals surface area contributed by atoms with Crippen molar-refractivity contribution < 1.29 is 9.13 Å². The summed E-state index contributed by atoms with van der Waals surface area (Å²) in [6.45, 7) is 5.54. The third kappa shape index (κ3) is 2.53. The standard InChI is InChI=1S/C14H17FN2O/c1-10-14(2,5-6-18-10)17-9-11-3-4-13(15)12(7-11)8-16/h3-4,7,10,17H,5-6,9H2,1-2H3. The zero-order chi connectivity index (χ0) is 13.2. The summed E-state index contributed by atoms with van der Waals surface area (Å²) in [6.07, 6.45) is 1.12. The van der Waals surface area contributed by atoms with E-state index in [-0.39, 0.29) is 17.2 Å². The number of nitriles is 1. The van der Waals surface area contributed by atoms with E-state index >= 15 is 0 Å². The summed E-state index contributed by atoms with van der Waals surface area (Å²) in [4.78, 5) is 0. The first-order valence-electron chi connectivity index (χ1n) is 6.10. The summed E-state index contributed by atoms with van der Waals surface area (Å²) in [5.74, 6) is -0.468. The van der Waals surface area contributed by atoms with Gasteiger partial charge in [-0.25, -0.2) is 4.39 Å². The molecule has 0 spiro atoms. The summed E-state index contributed by atoms with van der Waals surface area (Å²) in [5, 5.41) is 12.2. The lowest BCUT2D eigenvalue weighted by atomic mass is 9.94. The number of hydrogen-bond donors (Lipinski definition) is 1. The molecular weight excluding hydrogens is 231 g/mol. The Hall–Kier alpha value is -1.44. The van der Waals surface area contributed by atoms with E-state index < -0.39 is 5.82 Å². The van der Waals surface area contributed by atoms with E-state index in [1.165, 1.54) is 6.07 Å². The summed E-state index contributed by atoms with van der Waals surface area (Å²) in [7, 11) is 0. The Bertz CT molecular complexity index is 483. The van der Waals surface area contributed by atoms with Gasteiger partial charge in [0.05, 0.1) is 11.7 Å². The van der Waals surface area contributed by atoms with Gasteiger partial charge in [0.1, 0.15) is 11.9 Å². The molecule has 3 nitrogen and oxygen atoms in total. The second kappa shape index (κ2) is 5.05. The molecule has 1 heterocycles. The molecule has 0 aliphatic carbocycles. The first-order valence-corrected chi connectivity index (χ1v) is 6.10. The van der Waals surface area contributed by atoms with E-state index in [9.17, 15) is 4.39 Å². The molecule has 1 saturated heterocycles. The second-order valence-electron chi connectivity index (χ2n) is 4.96. The Morgan fingerprint density at radius 1 is 1.61 bits per heavy atom. The molecule has 96 valence electrons. The number of nitrogens with one attached hydrogen (secondary N) is 1. The van der Waals surface area contributed by atoms with Crippen LogP contribution in [0.1, 0.15) is 31.4 Å². The van der Waals surface area contributed by atoms with Crippen LogP contribution in [0.25, 0.3) is 0 Å². The summed E-state index contributed by atoms with van der Waals surface area (Å²) < 4.78 is 18.7. The lowest BCUT2D eigenvalue weighted by molar-refractivity contribution is 0.0881. The Labute approximate surface area is 107 Å². The van der Waals surface area contributed by atoms with Crippen molar-refractivity contribution in [2.75, 3.05) is 6.61 Å². The fourth-order valence-corrected chi connectivity index (χ4v) is 2.14. The highest BCUT2D eigenvalue weighted by atomic mass is 19.1. The molecule has 0 radical (unpaired) electrons. The highest BCUT2D eigenvalue weighted by Crippen LogP contribution is 2.25. The van der Waals surface area contributed by atoms with E-state index in [4.69, 9.17) is 10.00 Å². The molecule has 4 heteroatoms. The van der Waals surface area contributed by atoms with Gasteiger partial charge in [0, 0.05) is 18.7 Å². The topological polar surface area (TPSA) is 45.0 Å². The Balaban J connectivity index is 2.05. The van der Waals surface area contributed by atoms with E-state index in [2.05, 4.69) is 12.2 Å². The first-order chi connectivity index (χ1) is 8.55. The number of ether oxygens (including phenoxy) is 1. The van der Waals surface area contributed by atoms with Crippen molar-refractivity contribution in [3.05, 3.63) is 35.1 Å². The summed E-state index contributed by atoms with van der Waals surface area (Å²) >= 11 is 0. The average molecular weight is 248 g/mol. The maximum atomic E-state index is 13.2. The molecule has 1 aliphatic rings. The molecule has 1 aromatic rings. The third-order valence-electron chi connectivity index (χ3n) is 3.73. The molecule has 1 aromatic carbocycles. The molecule has 1 N–H and O–H groups in total. The van der Waals surface area contributed by atoms with Crippen molar-refractivity contribution in [1.29, 1.82) is 5.26 Å². The van der Waals surface area contributed by atoms with Gasteiger partial charge >= 0.3 is 0 Å². The van der Waals surface area contributed by atoms with Gasteiger partial charge < -0.3 is 10.1 Å². The van der Waals surface area contributed by atoms with Crippen LogP contribution in [0.15, 0.2) is 18.2 Å². The number of halogens is 1. The lowest BCUT2D eigenvalue weighted by Crippen LogP contribution is -2.47. The van der Waals surface area contributed by atoms with Crippen LogP contribution < -0.4 is 5.32 Å². The van der Waals surface area contributed by atoms with Crippen LogP contribution in [0, 0.1) is 17.1 Å². The fourth-order valence-electron chi connectivity index (χ4n) is 2.14. The van der Waals surface area contributed by atoms with Gasteiger partial charge in [-0.05, 0) is 38.0 Å². The average Bonchev–Trinajstić information content (AvgIpc) is 2.69. The predicted octanol–water partition coefficient (Wildman–Crippen LogP) is 2.35.